The zero-order valence-electron chi connectivity index (χ0n) is 11.3. The highest BCUT2D eigenvalue weighted by molar-refractivity contribution is 8.00. The van der Waals surface area contributed by atoms with Gasteiger partial charge >= 0.3 is 0 Å². The summed E-state index contributed by atoms with van der Waals surface area (Å²) in [5, 5.41) is 4.80. The van der Waals surface area contributed by atoms with Crippen molar-refractivity contribution in [1.29, 1.82) is 0 Å². The molecule has 18 heavy (non-hydrogen) atoms. The van der Waals surface area contributed by atoms with Crippen LogP contribution in [-0.2, 0) is 9.84 Å². The molecule has 2 heterocycles. The number of hydrogen-bond acceptors (Lipinski definition) is 5. The molecule has 0 amide bonds. The van der Waals surface area contributed by atoms with Crippen molar-refractivity contribution < 1.29 is 8.42 Å². The molecule has 0 aromatic rings. The first-order chi connectivity index (χ1) is 8.44. The smallest absolute Gasteiger partial charge is 0.151 e. The Hall–Kier alpha value is 0.220. The van der Waals surface area contributed by atoms with Gasteiger partial charge in [0.1, 0.15) is 0 Å². The van der Waals surface area contributed by atoms with E-state index in [1.165, 1.54) is 0 Å². The van der Waals surface area contributed by atoms with Gasteiger partial charge in [0.05, 0.1) is 11.5 Å². The summed E-state index contributed by atoms with van der Waals surface area (Å²) in [6, 6.07) is 0.184. The maximum Gasteiger partial charge on any atom is 0.151 e. The van der Waals surface area contributed by atoms with Gasteiger partial charge in [-0.05, 0) is 6.42 Å². The lowest BCUT2D eigenvalue weighted by Crippen LogP contribution is -2.44. The summed E-state index contributed by atoms with van der Waals surface area (Å²) in [7, 11) is -2.75. The first-order valence-electron chi connectivity index (χ1n) is 6.76. The van der Waals surface area contributed by atoms with Crippen molar-refractivity contribution in [2.24, 2.45) is 0 Å². The summed E-state index contributed by atoms with van der Waals surface area (Å²) in [5.41, 5.74) is 0. The Morgan fingerprint density at radius 2 is 1.94 bits per heavy atom. The molecule has 0 aromatic carbocycles. The Morgan fingerprint density at radius 1 is 1.28 bits per heavy atom. The van der Waals surface area contributed by atoms with E-state index in [9.17, 15) is 8.42 Å². The Bertz CT molecular complexity index is 362. The molecule has 0 aromatic heterocycles. The molecule has 3 unspecified atom stereocenters. The fraction of sp³-hybridized carbons (Fsp3) is 1.00. The number of sulfone groups is 1. The molecule has 2 rings (SSSR count). The topological polar surface area (TPSA) is 49.4 Å². The molecular weight excluding hydrogens is 268 g/mol. The summed E-state index contributed by atoms with van der Waals surface area (Å²) in [4.78, 5) is 2.49. The van der Waals surface area contributed by atoms with E-state index >= 15 is 0 Å². The van der Waals surface area contributed by atoms with E-state index in [1.807, 2.05) is 0 Å². The van der Waals surface area contributed by atoms with Gasteiger partial charge in [-0.15, -0.1) is 0 Å². The fourth-order valence-corrected chi connectivity index (χ4v) is 5.94. The predicted octanol–water partition coefficient (Wildman–Crippen LogP) is 0.589. The van der Waals surface area contributed by atoms with E-state index < -0.39 is 9.84 Å². The minimum absolute atomic E-state index is 0.184. The summed E-state index contributed by atoms with van der Waals surface area (Å²) in [6.45, 7) is 8.81. The van der Waals surface area contributed by atoms with Gasteiger partial charge in [0, 0.05) is 42.7 Å². The third-order valence-corrected chi connectivity index (χ3v) is 6.58. The number of nitrogens with zero attached hydrogens (tertiary/aromatic N) is 1. The predicted molar refractivity (Wildman–Crippen MR) is 78.0 cm³/mol. The molecule has 0 aliphatic carbocycles. The van der Waals surface area contributed by atoms with Crippen LogP contribution in [-0.4, -0.2) is 67.5 Å². The highest BCUT2D eigenvalue weighted by atomic mass is 32.2. The summed E-state index contributed by atoms with van der Waals surface area (Å²) in [5.74, 6) is 0.689. The van der Waals surface area contributed by atoms with Crippen LogP contribution < -0.4 is 5.32 Å². The Labute approximate surface area is 115 Å². The van der Waals surface area contributed by atoms with Gasteiger partial charge in [-0.2, -0.15) is 11.8 Å². The van der Waals surface area contributed by atoms with Crippen molar-refractivity contribution in [2.75, 3.05) is 37.7 Å². The van der Waals surface area contributed by atoms with Gasteiger partial charge in [0.15, 0.2) is 9.84 Å². The van der Waals surface area contributed by atoms with E-state index in [2.05, 4.69) is 35.8 Å². The van der Waals surface area contributed by atoms with Gasteiger partial charge in [-0.3, -0.25) is 4.90 Å². The molecular formula is C12H24N2O2S2. The second-order valence-corrected chi connectivity index (χ2v) is 9.68. The highest BCUT2D eigenvalue weighted by Crippen LogP contribution is 2.24. The van der Waals surface area contributed by atoms with Crippen LogP contribution in [0.4, 0.5) is 0 Å². The lowest BCUT2D eigenvalue weighted by Gasteiger charge is -2.34. The summed E-state index contributed by atoms with van der Waals surface area (Å²) in [6.07, 6.45) is 0.783. The molecule has 0 saturated carbocycles. The van der Waals surface area contributed by atoms with Crippen LogP contribution in [0.1, 0.15) is 20.3 Å². The lowest BCUT2D eigenvalue weighted by atomic mass is 10.2. The standard InChI is InChI=1S/C12H24N2O2S2/c1-10-7-14(8-11(2)17-10)5-4-13-12-3-6-18(15,16)9-12/h10-13H,3-9H2,1-2H3. The molecule has 106 valence electrons. The van der Waals surface area contributed by atoms with E-state index in [-0.39, 0.29) is 6.04 Å². The molecule has 2 aliphatic heterocycles. The van der Waals surface area contributed by atoms with Gasteiger partial charge in [0.25, 0.3) is 0 Å². The summed E-state index contributed by atoms with van der Waals surface area (Å²) >= 11 is 2.06. The minimum atomic E-state index is -2.75. The number of hydrogen-bond donors (Lipinski definition) is 1. The van der Waals surface area contributed by atoms with E-state index in [4.69, 9.17) is 0 Å². The van der Waals surface area contributed by atoms with E-state index in [1.54, 1.807) is 0 Å². The third kappa shape index (κ3) is 4.40. The highest BCUT2D eigenvalue weighted by Gasteiger charge is 2.27. The zero-order chi connectivity index (χ0) is 13.2. The van der Waals surface area contributed by atoms with Crippen LogP contribution in [0, 0.1) is 0 Å². The molecule has 4 nitrogen and oxygen atoms in total. The van der Waals surface area contributed by atoms with Crippen LogP contribution in [0.3, 0.4) is 0 Å². The van der Waals surface area contributed by atoms with Gasteiger partial charge < -0.3 is 5.32 Å². The molecule has 1 N–H and O–H groups in total. The Balaban J connectivity index is 1.66. The maximum atomic E-state index is 11.3. The molecule has 6 heteroatoms. The third-order valence-electron chi connectivity index (χ3n) is 3.59. The molecule has 3 atom stereocenters. The SMILES string of the molecule is CC1CN(CCNC2CCS(=O)(=O)C2)CC(C)S1. The fourth-order valence-electron chi connectivity index (χ4n) is 2.85. The Kier molecular flexibility index (Phi) is 4.97. The van der Waals surface area contributed by atoms with Crippen molar-refractivity contribution in [1.82, 2.24) is 10.2 Å². The molecule has 0 bridgehead atoms. The number of rotatable bonds is 4. The van der Waals surface area contributed by atoms with Crippen LogP contribution in [0.5, 0.6) is 0 Å². The van der Waals surface area contributed by atoms with Gasteiger partial charge in [-0.25, -0.2) is 8.42 Å². The summed E-state index contributed by atoms with van der Waals surface area (Å²) < 4.78 is 22.7. The zero-order valence-corrected chi connectivity index (χ0v) is 12.9. The van der Waals surface area contributed by atoms with Gasteiger partial charge in [-0.1, -0.05) is 13.8 Å². The first-order valence-corrected chi connectivity index (χ1v) is 9.52. The largest absolute Gasteiger partial charge is 0.312 e. The van der Waals surface area contributed by atoms with Crippen LogP contribution in [0.15, 0.2) is 0 Å². The van der Waals surface area contributed by atoms with Gasteiger partial charge in [0.2, 0.25) is 0 Å². The first kappa shape index (κ1) is 14.6. The monoisotopic (exact) mass is 292 g/mol. The van der Waals surface area contributed by atoms with Crippen LogP contribution in [0.25, 0.3) is 0 Å². The maximum absolute atomic E-state index is 11.3. The van der Waals surface area contributed by atoms with Crippen molar-refractivity contribution >= 4 is 21.6 Å². The molecule has 2 saturated heterocycles. The molecule has 0 spiro atoms. The number of nitrogens with one attached hydrogen (secondary N) is 1. The van der Waals surface area contributed by atoms with Crippen molar-refractivity contribution in [3.63, 3.8) is 0 Å². The van der Waals surface area contributed by atoms with Crippen molar-refractivity contribution in [2.45, 2.75) is 36.8 Å². The minimum Gasteiger partial charge on any atom is -0.312 e. The van der Waals surface area contributed by atoms with E-state index in [0.717, 1.165) is 32.6 Å². The van der Waals surface area contributed by atoms with Crippen molar-refractivity contribution in [3.8, 4) is 0 Å². The van der Waals surface area contributed by atoms with Crippen LogP contribution >= 0.6 is 11.8 Å². The van der Waals surface area contributed by atoms with E-state index in [0.29, 0.717) is 22.0 Å². The Morgan fingerprint density at radius 3 is 2.50 bits per heavy atom. The quantitative estimate of drug-likeness (QED) is 0.822. The normalized spacial score (nSPS) is 36.9. The average Bonchev–Trinajstić information content (AvgIpc) is 2.57. The van der Waals surface area contributed by atoms with Crippen LogP contribution in [0.2, 0.25) is 0 Å². The second kappa shape index (κ2) is 6.11. The molecule has 2 aliphatic rings. The van der Waals surface area contributed by atoms with Crippen molar-refractivity contribution in [3.05, 3.63) is 0 Å². The number of thioether (sulfide) groups is 1. The second-order valence-electron chi connectivity index (χ2n) is 5.57. The average molecular weight is 292 g/mol. The lowest BCUT2D eigenvalue weighted by molar-refractivity contribution is 0.267. The molecule has 0 radical (unpaired) electrons. The molecule has 2 fully saturated rings.